The molecule has 0 bridgehead atoms. The fraction of sp³-hybridized carbons (Fsp3) is 0.933. The number of rotatable bonds is 6. The summed E-state index contributed by atoms with van der Waals surface area (Å²) in [6, 6.07) is -0.191. The Bertz CT molecular complexity index is 256. The molecule has 0 saturated carbocycles. The number of amides is 1. The average Bonchev–Trinajstić information content (AvgIpc) is 2.23. The third-order valence-electron chi connectivity index (χ3n) is 3.52. The molecule has 108 valence electrons. The van der Waals surface area contributed by atoms with Crippen molar-refractivity contribution in [2.45, 2.75) is 73.4 Å². The van der Waals surface area contributed by atoms with Crippen molar-refractivity contribution in [3.8, 4) is 0 Å². The number of nitrogens with two attached hydrogens (primary N) is 1. The summed E-state index contributed by atoms with van der Waals surface area (Å²) >= 11 is 0. The van der Waals surface area contributed by atoms with Crippen LogP contribution in [0.15, 0.2) is 0 Å². The Labute approximate surface area is 113 Å². The first kappa shape index (κ1) is 17.4. The van der Waals surface area contributed by atoms with E-state index in [1.165, 1.54) is 0 Å². The highest BCUT2D eigenvalue weighted by molar-refractivity contribution is 5.82. The maximum absolute atomic E-state index is 12.1. The van der Waals surface area contributed by atoms with Gasteiger partial charge in [0, 0.05) is 6.04 Å². The molecule has 0 aromatic rings. The minimum atomic E-state index is -0.392. The van der Waals surface area contributed by atoms with E-state index in [0.29, 0.717) is 5.92 Å². The van der Waals surface area contributed by atoms with Gasteiger partial charge in [-0.1, -0.05) is 54.9 Å². The Hall–Kier alpha value is -0.570. The highest BCUT2D eigenvalue weighted by Crippen LogP contribution is 2.24. The van der Waals surface area contributed by atoms with E-state index in [1.807, 2.05) is 6.92 Å². The quantitative estimate of drug-likeness (QED) is 0.767. The summed E-state index contributed by atoms with van der Waals surface area (Å²) in [4.78, 5) is 12.1. The van der Waals surface area contributed by atoms with E-state index in [0.717, 1.165) is 12.8 Å². The Balaban J connectivity index is 4.55. The summed E-state index contributed by atoms with van der Waals surface area (Å²) in [5.41, 5.74) is 6.18. The smallest absolute Gasteiger partial charge is 0.237 e. The van der Waals surface area contributed by atoms with Gasteiger partial charge in [-0.2, -0.15) is 0 Å². The zero-order valence-electron chi connectivity index (χ0n) is 13.2. The first-order chi connectivity index (χ1) is 8.08. The van der Waals surface area contributed by atoms with Crippen molar-refractivity contribution in [3.63, 3.8) is 0 Å². The molecule has 3 N–H and O–H groups in total. The van der Waals surface area contributed by atoms with Crippen LogP contribution in [0.25, 0.3) is 0 Å². The summed E-state index contributed by atoms with van der Waals surface area (Å²) in [7, 11) is 0. The molecule has 18 heavy (non-hydrogen) atoms. The lowest BCUT2D eigenvalue weighted by molar-refractivity contribution is -0.124. The van der Waals surface area contributed by atoms with Gasteiger partial charge in [0.2, 0.25) is 5.91 Å². The minimum Gasteiger partial charge on any atom is -0.352 e. The Morgan fingerprint density at radius 3 is 2.06 bits per heavy atom. The van der Waals surface area contributed by atoms with Gasteiger partial charge in [0.15, 0.2) is 0 Å². The predicted octanol–water partition coefficient (Wildman–Crippen LogP) is 2.94. The molecule has 0 aliphatic carbocycles. The average molecular weight is 256 g/mol. The van der Waals surface area contributed by atoms with Crippen LogP contribution in [0.5, 0.6) is 0 Å². The number of carbonyl (C=O) groups excluding carboxylic acids is 1. The van der Waals surface area contributed by atoms with Gasteiger partial charge in [0.1, 0.15) is 0 Å². The number of hydrogen-bond acceptors (Lipinski definition) is 2. The zero-order valence-corrected chi connectivity index (χ0v) is 13.2. The van der Waals surface area contributed by atoms with Crippen molar-refractivity contribution >= 4 is 5.91 Å². The number of hydrogen-bond donors (Lipinski definition) is 2. The van der Waals surface area contributed by atoms with E-state index >= 15 is 0 Å². The highest BCUT2D eigenvalue weighted by atomic mass is 16.2. The van der Waals surface area contributed by atoms with Crippen LogP contribution in [0.3, 0.4) is 0 Å². The fourth-order valence-corrected chi connectivity index (χ4v) is 1.90. The Morgan fingerprint density at radius 1 is 1.22 bits per heavy atom. The van der Waals surface area contributed by atoms with Gasteiger partial charge in [-0.15, -0.1) is 0 Å². The fourth-order valence-electron chi connectivity index (χ4n) is 1.90. The molecule has 0 radical (unpaired) electrons. The SMILES string of the molecule is CCC(C)[C@H](N)C(=O)N[C@H](CC(C)(C)C)C(C)C. The van der Waals surface area contributed by atoms with Crippen LogP contribution >= 0.6 is 0 Å². The lowest BCUT2D eigenvalue weighted by Gasteiger charge is -2.31. The normalized spacial score (nSPS) is 17.4. The van der Waals surface area contributed by atoms with Gasteiger partial charge in [-0.25, -0.2) is 0 Å². The lowest BCUT2D eigenvalue weighted by Crippen LogP contribution is -2.50. The van der Waals surface area contributed by atoms with Crippen LogP contribution in [-0.4, -0.2) is 18.0 Å². The molecule has 0 aromatic carbocycles. The maximum atomic E-state index is 12.1. The second-order valence-corrected chi connectivity index (χ2v) is 7.04. The van der Waals surface area contributed by atoms with E-state index in [4.69, 9.17) is 5.73 Å². The summed E-state index contributed by atoms with van der Waals surface area (Å²) in [5.74, 6) is 0.650. The third kappa shape index (κ3) is 6.39. The molecular weight excluding hydrogens is 224 g/mol. The second-order valence-electron chi connectivity index (χ2n) is 7.04. The molecule has 1 unspecified atom stereocenters. The van der Waals surface area contributed by atoms with Gasteiger partial charge < -0.3 is 11.1 Å². The van der Waals surface area contributed by atoms with Crippen molar-refractivity contribution in [1.29, 1.82) is 0 Å². The monoisotopic (exact) mass is 256 g/mol. The predicted molar refractivity (Wildman–Crippen MR) is 78.3 cm³/mol. The van der Waals surface area contributed by atoms with Gasteiger partial charge in [-0.05, 0) is 23.7 Å². The lowest BCUT2D eigenvalue weighted by atomic mass is 9.84. The van der Waals surface area contributed by atoms with Crippen LogP contribution in [0.1, 0.15) is 61.3 Å². The van der Waals surface area contributed by atoms with E-state index in [1.54, 1.807) is 0 Å². The van der Waals surface area contributed by atoms with Crippen LogP contribution in [0, 0.1) is 17.3 Å². The molecule has 3 heteroatoms. The molecule has 0 aliphatic rings. The molecule has 3 atom stereocenters. The van der Waals surface area contributed by atoms with Gasteiger partial charge in [-0.3, -0.25) is 4.79 Å². The third-order valence-corrected chi connectivity index (χ3v) is 3.52. The standard InChI is InChI=1S/C15H32N2O/c1-8-11(4)13(16)14(18)17-12(10(2)3)9-15(5,6)7/h10-13H,8-9,16H2,1-7H3,(H,17,18)/t11?,12-,13+/m1/s1. The van der Waals surface area contributed by atoms with Gasteiger partial charge >= 0.3 is 0 Å². The summed E-state index contributed by atoms with van der Waals surface area (Å²) in [6.45, 7) is 15.0. The maximum Gasteiger partial charge on any atom is 0.237 e. The minimum absolute atomic E-state index is 0.00713. The van der Waals surface area contributed by atoms with Crippen molar-refractivity contribution in [2.24, 2.45) is 23.0 Å². The van der Waals surface area contributed by atoms with Gasteiger partial charge in [0.25, 0.3) is 0 Å². The molecule has 0 saturated heterocycles. The topological polar surface area (TPSA) is 55.1 Å². The molecule has 0 aliphatic heterocycles. The Morgan fingerprint density at radius 2 is 1.72 bits per heavy atom. The molecule has 0 fully saturated rings. The largest absolute Gasteiger partial charge is 0.352 e. The first-order valence-electron chi connectivity index (χ1n) is 7.14. The van der Waals surface area contributed by atoms with Crippen LogP contribution in [-0.2, 0) is 4.79 Å². The van der Waals surface area contributed by atoms with Crippen LogP contribution in [0.2, 0.25) is 0 Å². The first-order valence-corrected chi connectivity index (χ1v) is 7.14. The van der Waals surface area contributed by atoms with Crippen molar-refractivity contribution in [2.75, 3.05) is 0 Å². The molecule has 0 rings (SSSR count). The number of nitrogens with one attached hydrogen (secondary N) is 1. The second kappa shape index (κ2) is 7.13. The molecule has 0 heterocycles. The van der Waals surface area contributed by atoms with E-state index < -0.39 is 6.04 Å². The molecule has 0 spiro atoms. The highest BCUT2D eigenvalue weighted by Gasteiger charge is 2.26. The molecule has 3 nitrogen and oxygen atoms in total. The van der Waals surface area contributed by atoms with Crippen molar-refractivity contribution < 1.29 is 4.79 Å². The van der Waals surface area contributed by atoms with E-state index in [-0.39, 0.29) is 23.3 Å². The van der Waals surface area contributed by atoms with Crippen LogP contribution < -0.4 is 11.1 Å². The summed E-state index contributed by atoms with van der Waals surface area (Å²) in [6.07, 6.45) is 1.91. The van der Waals surface area contributed by atoms with Crippen molar-refractivity contribution in [1.82, 2.24) is 5.32 Å². The summed E-state index contributed by atoms with van der Waals surface area (Å²) in [5, 5.41) is 3.12. The van der Waals surface area contributed by atoms with Gasteiger partial charge in [0.05, 0.1) is 6.04 Å². The van der Waals surface area contributed by atoms with Crippen LogP contribution in [0.4, 0.5) is 0 Å². The van der Waals surface area contributed by atoms with E-state index in [9.17, 15) is 4.79 Å². The van der Waals surface area contributed by atoms with E-state index in [2.05, 4.69) is 46.9 Å². The molecule has 1 amide bonds. The molecular formula is C15H32N2O. The summed E-state index contributed by atoms with van der Waals surface area (Å²) < 4.78 is 0. The number of carbonyl (C=O) groups is 1. The zero-order chi connectivity index (χ0) is 14.5. The Kier molecular flexibility index (Phi) is 6.90. The molecule has 0 aromatic heterocycles. The van der Waals surface area contributed by atoms with Crippen molar-refractivity contribution in [3.05, 3.63) is 0 Å².